The fourth-order valence-corrected chi connectivity index (χ4v) is 2.90. The Balaban J connectivity index is 2.14. The molecular weight excluding hydrogens is 326 g/mol. The van der Waals surface area contributed by atoms with Crippen molar-refractivity contribution in [1.29, 1.82) is 0 Å². The molecule has 2 rings (SSSR count). The SMILES string of the molecule is C[C@H]1CN(C(=O)OC(C)(C)C)CCN1c1ccc([N+](=O)[O-])cc1CO. The van der Waals surface area contributed by atoms with Gasteiger partial charge in [-0.05, 0) is 33.8 Å². The molecule has 1 aromatic carbocycles. The number of nitrogens with zero attached hydrogens (tertiary/aromatic N) is 3. The fraction of sp³-hybridized carbons (Fsp3) is 0.588. The van der Waals surface area contributed by atoms with E-state index in [0.29, 0.717) is 25.2 Å². The van der Waals surface area contributed by atoms with E-state index in [1.165, 1.54) is 12.1 Å². The van der Waals surface area contributed by atoms with Gasteiger partial charge in [-0.2, -0.15) is 0 Å². The Kier molecular flexibility index (Phi) is 5.52. The number of anilines is 1. The molecule has 1 aliphatic heterocycles. The van der Waals surface area contributed by atoms with Gasteiger partial charge >= 0.3 is 6.09 Å². The summed E-state index contributed by atoms with van der Waals surface area (Å²) in [5, 5.41) is 20.5. The number of aliphatic hydroxyl groups excluding tert-OH is 1. The van der Waals surface area contributed by atoms with Gasteiger partial charge in [-0.3, -0.25) is 10.1 Å². The molecule has 1 aliphatic rings. The van der Waals surface area contributed by atoms with Crippen molar-refractivity contribution in [2.24, 2.45) is 0 Å². The van der Waals surface area contributed by atoms with Crippen molar-refractivity contribution in [1.82, 2.24) is 4.90 Å². The van der Waals surface area contributed by atoms with Crippen molar-refractivity contribution >= 4 is 17.5 Å². The van der Waals surface area contributed by atoms with Crippen LogP contribution in [0, 0.1) is 10.1 Å². The van der Waals surface area contributed by atoms with Crippen molar-refractivity contribution in [2.75, 3.05) is 24.5 Å². The highest BCUT2D eigenvalue weighted by molar-refractivity contribution is 5.69. The molecule has 1 saturated heterocycles. The number of carbonyl (C=O) groups excluding carboxylic acids is 1. The highest BCUT2D eigenvalue weighted by Crippen LogP contribution is 2.29. The number of nitro groups is 1. The number of hydrogen-bond donors (Lipinski definition) is 1. The molecular formula is C17H25N3O5. The van der Waals surface area contributed by atoms with Crippen molar-refractivity contribution in [3.05, 3.63) is 33.9 Å². The number of hydrogen-bond acceptors (Lipinski definition) is 6. The Morgan fingerprint density at radius 2 is 2.08 bits per heavy atom. The number of ether oxygens (including phenoxy) is 1. The molecule has 1 amide bonds. The largest absolute Gasteiger partial charge is 0.444 e. The monoisotopic (exact) mass is 351 g/mol. The fourth-order valence-electron chi connectivity index (χ4n) is 2.90. The summed E-state index contributed by atoms with van der Waals surface area (Å²) in [5.74, 6) is 0. The van der Waals surface area contributed by atoms with E-state index in [1.54, 1.807) is 11.0 Å². The van der Waals surface area contributed by atoms with Gasteiger partial charge in [-0.25, -0.2) is 4.79 Å². The maximum absolute atomic E-state index is 12.2. The van der Waals surface area contributed by atoms with Gasteiger partial charge in [0.2, 0.25) is 0 Å². The minimum Gasteiger partial charge on any atom is -0.444 e. The van der Waals surface area contributed by atoms with Gasteiger partial charge in [-0.1, -0.05) is 0 Å². The van der Waals surface area contributed by atoms with Crippen LogP contribution in [0.1, 0.15) is 33.3 Å². The first-order valence-electron chi connectivity index (χ1n) is 8.25. The molecule has 1 heterocycles. The molecule has 1 aromatic rings. The first kappa shape index (κ1) is 19.0. The first-order valence-corrected chi connectivity index (χ1v) is 8.25. The number of benzene rings is 1. The molecule has 8 heteroatoms. The number of aliphatic hydroxyl groups is 1. The molecule has 25 heavy (non-hydrogen) atoms. The van der Waals surface area contributed by atoms with Gasteiger partial charge in [0.25, 0.3) is 5.69 Å². The minimum atomic E-state index is -0.542. The molecule has 1 fully saturated rings. The first-order chi connectivity index (χ1) is 11.6. The number of carbonyl (C=O) groups is 1. The lowest BCUT2D eigenvalue weighted by molar-refractivity contribution is -0.384. The second-order valence-corrected chi connectivity index (χ2v) is 7.20. The van der Waals surface area contributed by atoms with E-state index >= 15 is 0 Å². The van der Waals surface area contributed by atoms with Crippen LogP contribution in [0.2, 0.25) is 0 Å². The van der Waals surface area contributed by atoms with Crippen LogP contribution in [0.5, 0.6) is 0 Å². The van der Waals surface area contributed by atoms with Gasteiger partial charge in [-0.15, -0.1) is 0 Å². The second kappa shape index (κ2) is 7.26. The third kappa shape index (κ3) is 4.60. The normalized spacial score (nSPS) is 18.2. The summed E-state index contributed by atoms with van der Waals surface area (Å²) in [6.07, 6.45) is -0.343. The molecule has 1 N–H and O–H groups in total. The average Bonchev–Trinajstić information content (AvgIpc) is 2.52. The van der Waals surface area contributed by atoms with Crippen LogP contribution in [0.25, 0.3) is 0 Å². The molecule has 1 atom stereocenters. The molecule has 0 radical (unpaired) electrons. The van der Waals surface area contributed by atoms with E-state index in [0.717, 1.165) is 5.69 Å². The third-order valence-electron chi connectivity index (χ3n) is 4.03. The van der Waals surface area contributed by atoms with Crippen LogP contribution in [-0.4, -0.2) is 52.3 Å². The van der Waals surface area contributed by atoms with Crippen LogP contribution in [0.4, 0.5) is 16.2 Å². The van der Waals surface area contributed by atoms with Gasteiger partial charge in [0.05, 0.1) is 11.5 Å². The highest BCUT2D eigenvalue weighted by Gasteiger charge is 2.31. The van der Waals surface area contributed by atoms with Gasteiger partial charge in [0.1, 0.15) is 5.60 Å². The van der Waals surface area contributed by atoms with Gasteiger partial charge in [0.15, 0.2) is 0 Å². The van der Waals surface area contributed by atoms with Gasteiger partial charge < -0.3 is 19.6 Å². The lowest BCUT2D eigenvalue weighted by atomic mass is 10.1. The van der Waals surface area contributed by atoms with E-state index in [9.17, 15) is 20.0 Å². The molecule has 0 spiro atoms. The average molecular weight is 351 g/mol. The quantitative estimate of drug-likeness (QED) is 0.664. The van der Waals surface area contributed by atoms with Crippen molar-refractivity contribution < 1.29 is 19.6 Å². The summed E-state index contributed by atoms with van der Waals surface area (Å²) in [6, 6.07) is 4.47. The van der Waals surface area contributed by atoms with Crippen LogP contribution < -0.4 is 4.90 Å². The van der Waals surface area contributed by atoms with Crippen LogP contribution in [0.15, 0.2) is 18.2 Å². The topological polar surface area (TPSA) is 96.2 Å². The van der Waals surface area contributed by atoms with E-state index in [4.69, 9.17) is 4.74 Å². The van der Waals surface area contributed by atoms with E-state index < -0.39 is 10.5 Å². The molecule has 0 aliphatic carbocycles. The predicted octanol–water partition coefficient (Wildman–Crippen LogP) is 2.53. The maximum Gasteiger partial charge on any atom is 0.410 e. The molecule has 138 valence electrons. The third-order valence-corrected chi connectivity index (χ3v) is 4.03. The van der Waals surface area contributed by atoms with Crippen LogP contribution >= 0.6 is 0 Å². The second-order valence-electron chi connectivity index (χ2n) is 7.20. The smallest absolute Gasteiger partial charge is 0.410 e. The van der Waals surface area contributed by atoms with E-state index in [1.807, 2.05) is 27.7 Å². The summed E-state index contributed by atoms with van der Waals surface area (Å²) < 4.78 is 5.41. The Hall–Kier alpha value is -2.35. The Labute approximate surface area is 147 Å². The van der Waals surface area contributed by atoms with Crippen LogP contribution in [-0.2, 0) is 11.3 Å². The number of rotatable bonds is 3. The summed E-state index contributed by atoms with van der Waals surface area (Å²) in [7, 11) is 0. The van der Waals surface area contributed by atoms with Crippen molar-refractivity contribution in [3.8, 4) is 0 Å². The Morgan fingerprint density at radius 3 is 2.60 bits per heavy atom. The number of amides is 1. The molecule has 0 bridgehead atoms. The highest BCUT2D eigenvalue weighted by atomic mass is 16.6. The Bertz CT molecular complexity index is 656. The van der Waals surface area contributed by atoms with Crippen molar-refractivity contribution in [2.45, 2.75) is 45.9 Å². The summed E-state index contributed by atoms with van der Waals surface area (Å²) in [6.45, 7) is 8.71. The number of nitro benzene ring substituents is 1. The van der Waals surface area contributed by atoms with E-state index in [-0.39, 0.29) is 24.4 Å². The molecule has 0 unspecified atom stereocenters. The lowest BCUT2D eigenvalue weighted by Crippen LogP contribution is -2.54. The summed E-state index contributed by atoms with van der Waals surface area (Å²) in [4.78, 5) is 26.4. The summed E-state index contributed by atoms with van der Waals surface area (Å²) in [5.41, 5.74) is 0.670. The standard InChI is InChI=1S/C17H25N3O5/c1-12-10-18(16(22)25-17(2,3)4)7-8-19(12)15-6-5-14(20(23)24)9-13(15)11-21/h5-6,9,12,21H,7-8,10-11H2,1-4H3/t12-/m0/s1. The maximum atomic E-state index is 12.2. The zero-order valence-corrected chi connectivity index (χ0v) is 15.1. The zero-order chi connectivity index (χ0) is 18.8. The number of piperazine rings is 1. The predicted molar refractivity (Wildman–Crippen MR) is 93.6 cm³/mol. The summed E-state index contributed by atoms with van der Waals surface area (Å²) >= 11 is 0. The number of non-ortho nitro benzene ring substituents is 1. The zero-order valence-electron chi connectivity index (χ0n) is 15.1. The molecule has 0 saturated carbocycles. The molecule has 8 nitrogen and oxygen atoms in total. The Morgan fingerprint density at radius 1 is 1.40 bits per heavy atom. The molecule has 0 aromatic heterocycles. The minimum absolute atomic E-state index is 0.00646. The van der Waals surface area contributed by atoms with Crippen LogP contribution in [0.3, 0.4) is 0 Å². The van der Waals surface area contributed by atoms with Crippen molar-refractivity contribution in [3.63, 3.8) is 0 Å². The van der Waals surface area contributed by atoms with E-state index in [2.05, 4.69) is 4.90 Å². The lowest BCUT2D eigenvalue weighted by Gasteiger charge is -2.42. The van der Waals surface area contributed by atoms with Gasteiger partial charge in [0, 0.05) is 49.1 Å².